The molecule has 2 aliphatic rings. The maximum absolute atomic E-state index is 13.4. The molecule has 1 aromatic heterocycles. The molecule has 0 aliphatic carbocycles. The number of aromatic nitrogens is 2. The maximum Gasteiger partial charge on any atom is 0.256 e. The summed E-state index contributed by atoms with van der Waals surface area (Å²) in [5.74, 6) is 1.43. The van der Waals surface area contributed by atoms with Gasteiger partial charge in [0.25, 0.3) is 5.91 Å². The van der Waals surface area contributed by atoms with Crippen molar-refractivity contribution in [1.82, 2.24) is 20.2 Å². The molecule has 9 heteroatoms. The SMILES string of the molecule is O=C(NCCN1CCCC1)c1cnc(-c2ccc3c(c2)OCO3)nc1Nc1ccc(F)cc1. The van der Waals surface area contributed by atoms with Crippen LogP contribution in [0, 0.1) is 5.82 Å². The number of benzene rings is 2. The third-order valence-electron chi connectivity index (χ3n) is 5.68. The van der Waals surface area contributed by atoms with Gasteiger partial charge in [-0.3, -0.25) is 4.79 Å². The Bertz CT molecular complexity index is 1150. The molecule has 0 bridgehead atoms. The molecular weight excluding hydrogens is 425 g/mol. The number of amides is 1. The fraction of sp³-hybridized carbons (Fsp3) is 0.292. The molecule has 33 heavy (non-hydrogen) atoms. The predicted molar refractivity (Wildman–Crippen MR) is 121 cm³/mol. The number of likely N-dealkylation sites (tertiary alicyclic amines) is 1. The van der Waals surface area contributed by atoms with Crippen molar-refractivity contribution in [2.24, 2.45) is 0 Å². The van der Waals surface area contributed by atoms with Crippen LogP contribution in [0.4, 0.5) is 15.9 Å². The summed E-state index contributed by atoms with van der Waals surface area (Å²) in [5, 5.41) is 6.09. The van der Waals surface area contributed by atoms with Gasteiger partial charge < -0.3 is 25.0 Å². The maximum atomic E-state index is 13.4. The summed E-state index contributed by atoms with van der Waals surface area (Å²) in [5.41, 5.74) is 1.64. The molecule has 170 valence electrons. The van der Waals surface area contributed by atoms with Crippen molar-refractivity contribution < 1.29 is 18.7 Å². The minimum absolute atomic E-state index is 0.174. The van der Waals surface area contributed by atoms with Crippen molar-refractivity contribution in [3.05, 3.63) is 60.0 Å². The van der Waals surface area contributed by atoms with Crippen LogP contribution in [0.3, 0.4) is 0 Å². The van der Waals surface area contributed by atoms with Crippen LogP contribution in [0.25, 0.3) is 11.4 Å². The predicted octanol–water partition coefficient (Wildman–Crippen LogP) is 3.58. The van der Waals surface area contributed by atoms with E-state index in [9.17, 15) is 9.18 Å². The van der Waals surface area contributed by atoms with Crippen LogP contribution in [-0.4, -0.2) is 53.7 Å². The van der Waals surface area contributed by atoms with Gasteiger partial charge in [-0.15, -0.1) is 0 Å². The van der Waals surface area contributed by atoms with E-state index in [0.29, 0.717) is 40.9 Å². The van der Waals surface area contributed by atoms with Gasteiger partial charge in [0, 0.05) is 30.5 Å². The lowest BCUT2D eigenvalue weighted by Gasteiger charge is -2.16. The number of rotatable bonds is 7. The number of nitrogens with zero attached hydrogens (tertiary/aromatic N) is 3. The van der Waals surface area contributed by atoms with Crippen LogP contribution in [0.2, 0.25) is 0 Å². The van der Waals surface area contributed by atoms with E-state index in [1.54, 1.807) is 24.3 Å². The Morgan fingerprint density at radius 3 is 2.67 bits per heavy atom. The van der Waals surface area contributed by atoms with E-state index in [4.69, 9.17) is 9.47 Å². The molecular formula is C24H24FN5O3. The Morgan fingerprint density at radius 2 is 1.85 bits per heavy atom. The van der Waals surface area contributed by atoms with Gasteiger partial charge >= 0.3 is 0 Å². The zero-order valence-electron chi connectivity index (χ0n) is 18.0. The molecule has 0 radical (unpaired) electrons. The summed E-state index contributed by atoms with van der Waals surface area (Å²) in [6, 6.07) is 11.3. The smallest absolute Gasteiger partial charge is 0.256 e. The van der Waals surface area contributed by atoms with Crippen molar-refractivity contribution >= 4 is 17.4 Å². The second-order valence-corrected chi connectivity index (χ2v) is 7.96. The third-order valence-corrected chi connectivity index (χ3v) is 5.68. The average Bonchev–Trinajstić information content (AvgIpc) is 3.52. The monoisotopic (exact) mass is 449 g/mol. The first-order valence-electron chi connectivity index (χ1n) is 11.0. The summed E-state index contributed by atoms with van der Waals surface area (Å²) in [6.07, 6.45) is 3.91. The molecule has 1 saturated heterocycles. The Kier molecular flexibility index (Phi) is 6.03. The molecule has 1 amide bonds. The molecule has 0 spiro atoms. The molecule has 2 N–H and O–H groups in total. The Balaban J connectivity index is 1.40. The summed E-state index contributed by atoms with van der Waals surface area (Å²) < 4.78 is 24.2. The fourth-order valence-electron chi connectivity index (χ4n) is 3.92. The highest BCUT2D eigenvalue weighted by Crippen LogP contribution is 2.35. The van der Waals surface area contributed by atoms with Crippen molar-refractivity contribution in [2.75, 3.05) is 38.3 Å². The molecule has 3 aromatic rings. The number of halogens is 1. The quantitative estimate of drug-likeness (QED) is 0.570. The normalized spacial score (nSPS) is 14.9. The third kappa shape index (κ3) is 4.88. The van der Waals surface area contributed by atoms with Crippen LogP contribution < -0.4 is 20.1 Å². The molecule has 0 saturated carbocycles. The zero-order valence-corrected chi connectivity index (χ0v) is 18.0. The summed E-state index contributed by atoms with van der Waals surface area (Å²) in [7, 11) is 0. The van der Waals surface area contributed by atoms with E-state index in [0.717, 1.165) is 25.2 Å². The van der Waals surface area contributed by atoms with Gasteiger partial charge in [-0.05, 0) is 68.4 Å². The van der Waals surface area contributed by atoms with E-state index in [2.05, 4.69) is 25.5 Å². The number of carbonyl (C=O) groups is 1. The largest absolute Gasteiger partial charge is 0.454 e. The highest BCUT2D eigenvalue weighted by molar-refractivity contribution is 5.99. The first kappa shape index (κ1) is 21.1. The summed E-state index contributed by atoms with van der Waals surface area (Å²) in [6.45, 7) is 3.66. The van der Waals surface area contributed by atoms with E-state index in [-0.39, 0.29) is 18.5 Å². The first-order chi connectivity index (χ1) is 16.2. The standard InChI is InChI=1S/C24H24FN5O3/c25-17-4-6-18(7-5-17)28-23-19(24(31)26-9-12-30-10-1-2-11-30)14-27-22(29-23)16-3-8-20-21(13-16)33-15-32-20/h3-8,13-14H,1-2,9-12,15H2,(H,26,31)(H,27,28,29). The number of anilines is 2. The lowest BCUT2D eigenvalue weighted by Crippen LogP contribution is -2.33. The second-order valence-electron chi connectivity index (χ2n) is 7.96. The van der Waals surface area contributed by atoms with Gasteiger partial charge in [-0.1, -0.05) is 0 Å². The van der Waals surface area contributed by atoms with Gasteiger partial charge in [0.1, 0.15) is 17.2 Å². The molecule has 0 unspecified atom stereocenters. The van der Waals surface area contributed by atoms with E-state index < -0.39 is 0 Å². The van der Waals surface area contributed by atoms with Gasteiger partial charge in [0.2, 0.25) is 6.79 Å². The number of fused-ring (bicyclic) bond motifs is 1. The van der Waals surface area contributed by atoms with Crippen LogP contribution in [-0.2, 0) is 0 Å². The lowest BCUT2D eigenvalue weighted by atomic mass is 10.1. The Hall–Kier alpha value is -3.72. The Labute approximate surface area is 190 Å². The average molecular weight is 449 g/mol. The van der Waals surface area contributed by atoms with Gasteiger partial charge in [0.15, 0.2) is 17.3 Å². The highest BCUT2D eigenvalue weighted by atomic mass is 19.1. The van der Waals surface area contributed by atoms with Gasteiger partial charge in [0.05, 0.1) is 0 Å². The number of carbonyl (C=O) groups excluding carboxylic acids is 1. The molecule has 2 aromatic carbocycles. The molecule has 3 heterocycles. The highest BCUT2D eigenvalue weighted by Gasteiger charge is 2.19. The molecule has 0 atom stereocenters. The van der Waals surface area contributed by atoms with Crippen molar-refractivity contribution in [3.63, 3.8) is 0 Å². The molecule has 8 nitrogen and oxygen atoms in total. The fourth-order valence-corrected chi connectivity index (χ4v) is 3.92. The topological polar surface area (TPSA) is 88.6 Å². The Morgan fingerprint density at radius 1 is 1.06 bits per heavy atom. The first-order valence-corrected chi connectivity index (χ1v) is 11.0. The van der Waals surface area contributed by atoms with Crippen molar-refractivity contribution in [1.29, 1.82) is 0 Å². The summed E-state index contributed by atoms with van der Waals surface area (Å²) >= 11 is 0. The van der Waals surface area contributed by atoms with E-state index >= 15 is 0 Å². The minimum Gasteiger partial charge on any atom is -0.454 e. The molecule has 1 fully saturated rings. The minimum atomic E-state index is -0.343. The van der Waals surface area contributed by atoms with E-state index in [1.807, 2.05) is 6.07 Å². The van der Waals surface area contributed by atoms with Crippen LogP contribution in [0.15, 0.2) is 48.7 Å². The van der Waals surface area contributed by atoms with Gasteiger partial charge in [-0.25, -0.2) is 14.4 Å². The van der Waals surface area contributed by atoms with Crippen LogP contribution in [0.5, 0.6) is 11.5 Å². The second kappa shape index (κ2) is 9.41. The number of hydrogen-bond donors (Lipinski definition) is 2. The number of nitrogens with one attached hydrogen (secondary N) is 2. The summed E-state index contributed by atoms with van der Waals surface area (Å²) in [4.78, 5) is 24.3. The van der Waals surface area contributed by atoms with Gasteiger partial charge in [-0.2, -0.15) is 0 Å². The van der Waals surface area contributed by atoms with Crippen LogP contribution >= 0.6 is 0 Å². The molecule has 5 rings (SSSR count). The zero-order chi connectivity index (χ0) is 22.6. The number of hydrogen-bond acceptors (Lipinski definition) is 7. The van der Waals surface area contributed by atoms with Crippen molar-refractivity contribution in [2.45, 2.75) is 12.8 Å². The van der Waals surface area contributed by atoms with Crippen LogP contribution in [0.1, 0.15) is 23.2 Å². The molecule has 2 aliphatic heterocycles. The number of ether oxygens (including phenoxy) is 2. The van der Waals surface area contributed by atoms with E-state index in [1.165, 1.54) is 31.2 Å². The lowest BCUT2D eigenvalue weighted by molar-refractivity contribution is 0.0950. The van der Waals surface area contributed by atoms with Crippen molar-refractivity contribution in [3.8, 4) is 22.9 Å².